The summed E-state index contributed by atoms with van der Waals surface area (Å²) in [5.41, 5.74) is 0.152. The average molecular weight is 504 g/mol. The number of nitrogens with zero attached hydrogens (tertiary/aromatic N) is 3. The van der Waals surface area contributed by atoms with Gasteiger partial charge in [0.25, 0.3) is 11.6 Å². The molecule has 186 valence electrons. The fourth-order valence-corrected chi connectivity index (χ4v) is 2.88. The number of hydrogen-bond donors (Lipinski definition) is 1. The number of hydrogen-bond acceptors (Lipinski definition) is 8. The second-order valence-corrected chi connectivity index (χ2v) is 6.96. The quantitative estimate of drug-likeness (QED) is 0.255. The Hall–Kier alpha value is -5.01. The summed E-state index contributed by atoms with van der Waals surface area (Å²) < 4.78 is 49.2. The molecule has 14 heteroatoms. The van der Waals surface area contributed by atoms with E-state index in [0.717, 1.165) is 30.3 Å². The molecule has 0 saturated carbocycles. The smallest absolute Gasteiger partial charge is 0.416 e. The van der Waals surface area contributed by atoms with Crippen LogP contribution in [0.3, 0.4) is 0 Å². The number of non-ortho nitro benzene ring substituents is 1. The van der Waals surface area contributed by atoms with Crippen molar-refractivity contribution in [2.75, 3.05) is 7.11 Å². The molecule has 0 unspecified atom stereocenters. The molecule has 1 amide bonds. The summed E-state index contributed by atoms with van der Waals surface area (Å²) in [6.45, 7) is 0. The molecule has 0 aliphatic rings. The molecule has 11 nitrogen and oxygen atoms in total. The molecule has 0 spiro atoms. The Morgan fingerprint density at radius 1 is 0.972 bits per heavy atom. The molecular weight excluding hydrogens is 489 g/mol. The number of methoxy groups -OCH3 is 1. The molecule has 0 aromatic heterocycles. The third-order valence-electron chi connectivity index (χ3n) is 4.59. The van der Waals surface area contributed by atoms with Gasteiger partial charge in [0.2, 0.25) is 5.75 Å². The van der Waals surface area contributed by atoms with Crippen molar-refractivity contribution in [2.45, 2.75) is 6.18 Å². The van der Waals surface area contributed by atoms with Crippen LogP contribution in [0.2, 0.25) is 0 Å². The number of rotatable bonds is 8. The maximum absolute atomic E-state index is 12.8. The van der Waals surface area contributed by atoms with E-state index in [0.29, 0.717) is 11.6 Å². The van der Waals surface area contributed by atoms with Crippen molar-refractivity contribution in [1.29, 1.82) is 0 Å². The predicted molar refractivity (Wildman–Crippen MR) is 119 cm³/mol. The van der Waals surface area contributed by atoms with Gasteiger partial charge < -0.3 is 9.47 Å². The van der Waals surface area contributed by atoms with Crippen molar-refractivity contribution in [3.8, 4) is 17.2 Å². The number of nitro groups is 2. The highest BCUT2D eigenvalue weighted by atomic mass is 19.4. The summed E-state index contributed by atoms with van der Waals surface area (Å²) in [5.74, 6) is -0.983. The van der Waals surface area contributed by atoms with Gasteiger partial charge in [-0.25, -0.2) is 5.43 Å². The van der Waals surface area contributed by atoms with Gasteiger partial charge in [0.05, 0.1) is 34.8 Å². The fraction of sp³-hybridized carbons (Fsp3) is 0.0909. The normalized spacial score (nSPS) is 11.2. The van der Waals surface area contributed by atoms with Crippen LogP contribution in [0.5, 0.6) is 17.2 Å². The van der Waals surface area contributed by atoms with E-state index < -0.39 is 38.9 Å². The molecule has 0 saturated heterocycles. The number of carbonyl (C=O) groups excluding carboxylic acids is 1. The number of halogens is 3. The minimum absolute atomic E-state index is 0.0413. The maximum Gasteiger partial charge on any atom is 0.416 e. The highest BCUT2D eigenvalue weighted by molar-refractivity contribution is 5.95. The van der Waals surface area contributed by atoms with E-state index in [2.05, 4.69) is 10.5 Å². The highest BCUT2D eigenvalue weighted by Crippen LogP contribution is 2.38. The van der Waals surface area contributed by atoms with Crippen LogP contribution in [0, 0.1) is 20.2 Å². The van der Waals surface area contributed by atoms with Crippen LogP contribution in [0.1, 0.15) is 21.5 Å². The fourth-order valence-electron chi connectivity index (χ4n) is 2.88. The van der Waals surface area contributed by atoms with E-state index >= 15 is 0 Å². The Kier molecular flexibility index (Phi) is 7.47. The molecule has 0 atom stereocenters. The number of nitro benzene ring substituents is 2. The topological polar surface area (TPSA) is 146 Å². The largest absolute Gasteiger partial charge is 0.493 e. The van der Waals surface area contributed by atoms with E-state index in [1.807, 2.05) is 0 Å². The summed E-state index contributed by atoms with van der Waals surface area (Å²) in [6.07, 6.45) is -3.42. The summed E-state index contributed by atoms with van der Waals surface area (Å²) >= 11 is 0. The molecule has 0 aliphatic heterocycles. The summed E-state index contributed by atoms with van der Waals surface area (Å²) in [5, 5.41) is 25.9. The lowest BCUT2D eigenvalue weighted by atomic mass is 10.1. The molecule has 1 N–H and O–H groups in total. The van der Waals surface area contributed by atoms with Crippen molar-refractivity contribution in [1.82, 2.24) is 5.43 Å². The number of nitrogens with one attached hydrogen (secondary N) is 1. The van der Waals surface area contributed by atoms with Crippen LogP contribution in [0.25, 0.3) is 0 Å². The van der Waals surface area contributed by atoms with E-state index in [4.69, 9.17) is 9.47 Å². The van der Waals surface area contributed by atoms with Crippen LogP contribution < -0.4 is 14.9 Å². The SMILES string of the molecule is COc1cc(/C=N/NC(=O)c2cccc(C(F)(F)F)c2)ccc1Oc1ccc([N+](=O)[O-])cc1[N+](=O)[O-]. The third kappa shape index (κ3) is 6.11. The van der Waals surface area contributed by atoms with Gasteiger partial charge in [-0.1, -0.05) is 6.07 Å². The van der Waals surface area contributed by atoms with E-state index in [1.54, 1.807) is 0 Å². The van der Waals surface area contributed by atoms with Crippen molar-refractivity contribution >= 4 is 23.5 Å². The first-order chi connectivity index (χ1) is 17.0. The second-order valence-electron chi connectivity index (χ2n) is 6.96. The number of alkyl halides is 3. The van der Waals surface area contributed by atoms with Gasteiger partial charge in [-0.3, -0.25) is 25.0 Å². The monoisotopic (exact) mass is 504 g/mol. The summed E-state index contributed by atoms with van der Waals surface area (Å²) in [7, 11) is 1.29. The highest BCUT2D eigenvalue weighted by Gasteiger charge is 2.30. The zero-order valence-corrected chi connectivity index (χ0v) is 18.2. The first-order valence-corrected chi connectivity index (χ1v) is 9.79. The summed E-state index contributed by atoms with van der Waals surface area (Å²) in [6, 6.07) is 10.9. The van der Waals surface area contributed by atoms with Gasteiger partial charge in [0.15, 0.2) is 11.5 Å². The van der Waals surface area contributed by atoms with Gasteiger partial charge in [0, 0.05) is 11.6 Å². The molecule has 0 aliphatic carbocycles. The third-order valence-corrected chi connectivity index (χ3v) is 4.59. The number of ether oxygens (including phenoxy) is 2. The zero-order valence-electron chi connectivity index (χ0n) is 18.2. The molecule has 36 heavy (non-hydrogen) atoms. The first kappa shape index (κ1) is 25.6. The van der Waals surface area contributed by atoms with Gasteiger partial charge in [-0.2, -0.15) is 18.3 Å². The first-order valence-electron chi connectivity index (χ1n) is 9.79. The van der Waals surface area contributed by atoms with Crippen molar-refractivity contribution in [3.05, 3.63) is 97.6 Å². The molecule has 0 bridgehead atoms. The molecule has 0 fully saturated rings. The molecule has 3 aromatic rings. The molecular formula is C22H15F3N4O7. The lowest BCUT2D eigenvalue weighted by Crippen LogP contribution is -2.18. The van der Waals surface area contributed by atoms with Crippen LogP contribution in [-0.2, 0) is 6.18 Å². The molecule has 0 radical (unpaired) electrons. The van der Waals surface area contributed by atoms with Crippen LogP contribution in [0.15, 0.2) is 65.8 Å². The standard InChI is InChI=1S/C22H15F3N4O7/c1-35-20-9-13(12-26-27-21(30)14-3-2-4-15(10-14)22(23,24)25)5-7-19(20)36-18-8-6-16(28(31)32)11-17(18)29(33)34/h2-12H,1H3,(H,27,30)/b26-12+. The Labute approximate surface area is 200 Å². The van der Waals surface area contributed by atoms with Gasteiger partial charge >= 0.3 is 11.9 Å². The second kappa shape index (κ2) is 10.5. The lowest BCUT2D eigenvalue weighted by molar-refractivity contribution is -0.394. The minimum atomic E-state index is -4.60. The summed E-state index contributed by atoms with van der Waals surface area (Å²) in [4.78, 5) is 32.7. The van der Waals surface area contributed by atoms with Gasteiger partial charge in [0.1, 0.15) is 0 Å². The van der Waals surface area contributed by atoms with Crippen LogP contribution in [-0.4, -0.2) is 29.1 Å². The predicted octanol–water partition coefficient (Wildman–Crippen LogP) is 5.09. The van der Waals surface area contributed by atoms with Crippen molar-refractivity contribution in [3.63, 3.8) is 0 Å². The van der Waals surface area contributed by atoms with Gasteiger partial charge in [-0.05, 0) is 48.0 Å². The Morgan fingerprint density at radius 3 is 2.33 bits per heavy atom. The molecule has 3 aromatic carbocycles. The van der Waals surface area contributed by atoms with Crippen LogP contribution >= 0.6 is 0 Å². The lowest BCUT2D eigenvalue weighted by Gasteiger charge is -2.11. The maximum atomic E-state index is 12.8. The number of benzene rings is 3. The number of carbonyl (C=O) groups is 1. The molecule has 0 heterocycles. The Morgan fingerprint density at radius 2 is 1.69 bits per heavy atom. The Bertz CT molecular complexity index is 1360. The van der Waals surface area contributed by atoms with Crippen molar-refractivity contribution < 1.29 is 37.3 Å². The molecule has 3 rings (SSSR count). The average Bonchev–Trinajstić information content (AvgIpc) is 2.84. The number of hydrazone groups is 1. The van der Waals surface area contributed by atoms with Gasteiger partial charge in [-0.15, -0.1) is 0 Å². The van der Waals surface area contributed by atoms with E-state index in [-0.39, 0.29) is 22.8 Å². The minimum Gasteiger partial charge on any atom is -0.493 e. The Balaban J connectivity index is 1.76. The van der Waals surface area contributed by atoms with Crippen LogP contribution in [0.4, 0.5) is 24.5 Å². The zero-order chi connectivity index (χ0) is 26.5. The van der Waals surface area contributed by atoms with E-state index in [1.165, 1.54) is 37.6 Å². The van der Waals surface area contributed by atoms with Crippen molar-refractivity contribution in [2.24, 2.45) is 5.10 Å². The number of amides is 1. The van der Waals surface area contributed by atoms with E-state index in [9.17, 15) is 38.2 Å².